The molecule has 0 saturated heterocycles. The summed E-state index contributed by atoms with van der Waals surface area (Å²) in [5.41, 5.74) is 9.37. The van der Waals surface area contributed by atoms with Crippen molar-refractivity contribution in [3.8, 4) is 11.3 Å². The topological polar surface area (TPSA) is 56.7 Å². The lowest BCUT2D eigenvalue weighted by atomic mass is 10.1. The van der Waals surface area contributed by atoms with Crippen LogP contribution in [-0.4, -0.2) is 14.8 Å². The van der Waals surface area contributed by atoms with Crippen LogP contribution in [0.2, 0.25) is 0 Å². The summed E-state index contributed by atoms with van der Waals surface area (Å²) < 4.78 is 1.75. The molecule has 0 bridgehead atoms. The van der Waals surface area contributed by atoms with Crippen molar-refractivity contribution in [1.29, 1.82) is 0 Å². The van der Waals surface area contributed by atoms with E-state index in [1.54, 1.807) is 17.1 Å². The molecule has 0 aliphatic rings. The van der Waals surface area contributed by atoms with Gasteiger partial charge in [0.1, 0.15) is 0 Å². The van der Waals surface area contributed by atoms with Crippen LogP contribution < -0.4 is 5.73 Å². The van der Waals surface area contributed by atoms with E-state index in [1.165, 1.54) is 0 Å². The molecule has 0 aliphatic heterocycles. The summed E-state index contributed by atoms with van der Waals surface area (Å²) in [7, 11) is 1.88. The SMILES string of the molecule is Cc1cc(-c2cnn(C)c2)ncc1N. The van der Waals surface area contributed by atoms with E-state index in [0.29, 0.717) is 0 Å². The second-order valence-corrected chi connectivity index (χ2v) is 3.33. The van der Waals surface area contributed by atoms with Crippen LogP contribution >= 0.6 is 0 Å². The molecule has 72 valence electrons. The molecule has 0 unspecified atom stereocenters. The van der Waals surface area contributed by atoms with E-state index >= 15 is 0 Å². The Kier molecular flexibility index (Phi) is 1.96. The highest BCUT2D eigenvalue weighted by Crippen LogP contribution is 2.19. The minimum atomic E-state index is 0.720. The quantitative estimate of drug-likeness (QED) is 0.735. The smallest absolute Gasteiger partial charge is 0.0737 e. The summed E-state index contributed by atoms with van der Waals surface area (Å²) in [6.07, 6.45) is 5.40. The van der Waals surface area contributed by atoms with E-state index in [1.807, 2.05) is 26.2 Å². The highest BCUT2D eigenvalue weighted by Gasteiger charge is 2.03. The number of nitrogen functional groups attached to an aromatic ring is 1. The number of hydrogen-bond acceptors (Lipinski definition) is 3. The molecule has 0 atom stereocenters. The Hall–Kier alpha value is -1.84. The lowest BCUT2D eigenvalue weighted by Crippen LogP contribution is -1.92. The van der Waals surface area contributed by atoms with E-state index < -0.39 is 0 Å². The number of nitrogens with zero attached hydrogens (tertiary/aromatic N) is 3. The van der Waals surface area contributed by atoms with Gasteiger partial charge in [-0.05, 0) is 18.6 Å². The van der Waals surface area contributed by atoms with Crippen LogP contribution in [0, 0.1) is 6.92 Å². The summed E-state index contributed by atoms with van der Waals surface area (Å²) in [6.45, 7) is 1.97. The predicted octanol–water partition coefficient (Wildman–Crippen LogP) is 1.37. The Morgan fingerprint density at radius 2 is 2.14 bits per heavy atom. The molecule has 4 nitrogen and oxygen atoms in total. The van der Waals surface area contributed by atoms with Gasteiger partial charge in [-0.3, -0.25) is 9.67 Å². The Bertz CT molecular complexity index is 459. The third-order valence-corrected chi connectivity index (χ3v) is 2.15. The highest BCUT2D eigenvalue weighted by atomic mass is 15.2. The molecule has 0 amide bonds. The number of hydrogen-bond donors (Lipinski definition) is 1. The fourth-order valence-electron chi connectivity index (χ4n) is 1.28. The molecule has 14 heavy (non-hydrogen) atoms. The zero-order valence-electron chi connectivity index (χ0n) is 8.23. The van der Waals surface area contributed by atoms with Gasteiger partial charge < -0.3 is 5.73 Å². The number of pyridine rings is 1. The average Bonchev–Trinajstić information content (AvgIpc) is 2.57. The molecule has 0 fully saturated rings. The average molecular weight is 188 g/mol. The summed E-state index contributed by atoms with van der Waals surface area (Å²) in [6, 6.07) is 1.96. The maximum Gasteiger partial charge on any atom is 0.0737 e. The van der Waals surface area contributed by atoms with Crippen molar-refractivity contribution in [2.75, 3.05) is 5.73 Å². The fraction of sp³-hybridized carbons (Fsp3) is 0.200. The summed E-state index contributed by atoms with van der Waals surface area (Å²) in [4.78, 5) is 4.24. The Labute approximate surface area is 82.4 Å². The van der Waals surface area contributed by atoms with Crippen LogP contribution in [0.15, 0.2) is 24.7 Å². The molecule has 4 heteroatoms. The second kappa shape index (κ2) is 3.14. The van der Waals surface area contributed by atoms with E-state index in [0.717, 1.165) is 22.5 Å². The molecule has 2 rings (SSSR count). The zero-order valence-corrected chi connectivity index (χ0v) is 8.23. The molecule has 0 saturated carbocycles. The summed E-state index contributed by atoms with van der Waals surface area (Å²) in [5.74, 6) is 0. The zero-order chi connectivity index (χ0) is 10.1. The highest BCUT2D eigenvalue weighted by molar-refractivity contribution is 5.61. The molecule has 2 aromatic heterocycles. The van der Waals surface area contributed by atoms with Gasteiger partial charge in [0.05, 0.1) is 23.8 Å². The largest absolute Gasteiger partial charge is 0.397 e. The first-order valence-electron chi connectivity index (χ1n) is 4.38. The van der Waals surface area contributed by atoms with Crippen LogP contribution in [0.4, 0.5) is 5.69 Å². The van der Waals surface area contributed by atoms with Crippen LogP contribution in [0.5, 0.6) is 0 Å². The Morgan fingerprint density at radius 3 is 2.71 bits per heavy atom. The van der Waals surface area contributed by atoms with Crippen molar-refractivity contribution in [3.05, 3.63) is 30.2 Å². The maximum atomic E-state index is 5.69. The van der Waals surface area contributed by atoms with Gasteiger partial charge in [-0.1, -0.05) is 0 Å². The molecular formula is C10H12N4. The van der Waals surface area contributed by atoms with Crippen molar-refractivity contribution >= 4 is 5.69 Å². The maximum absolute atomic E-state index is 5.69. The number of aryl methyl sites for hydroxylation is 2. The number of aromatic nitrogens is 3. The van der Waals surface area contributed by atoms with Gasteiger partial charge in [-0.15, -0.1) is 0 Å². The van der Waals surface area contributed by atoms with Gasteiger partial charge in [-0.2, -0.15) is 5.10 Å². The van der Waals surface area contributed by atoms with Gasteiger partial charge in [0, 0.05) is 18.8 Å². The third kappa shape index (κ3) is 1.46. The van der Waals surface area contributed by atoms with Gasteiger partial charge in [0.15, 0.2) is 0 Å². The monoisotopic (exact) mass is 188 g/mol. The fourth-order valence-corrected chi connectivity index (χ4v) is 1.28. The van der Waals surface area contributed by atoms with E-state index in [4.69, 9.17) is 5.73 Å². The number of nitrogens with two attached hydrogens (primary N) is 1. The van der Waals surface area contributed by atoms with Gasteiger partial charge in [0.25, 0.3) is 0 Å². The van der Waals surface area contributed by atoms with Crippen molar-refractivity contribution in [1.82, 2.24) is 14.8 Å². The van der Waals surface area contributed by atoms with Crippen LogP contribution in [0.25, 0.3) is 11.3 Å². The Morgan fingerprint density at radius 1 is 1.36 bits per heavy atom. The lowest BCUT2D eigenvalue weighted by molar-refractivity contribution is 0.768. The van der Waals surface area contributed by atoms with Crippen molar-refractivity contribution in [2.24, 2.45) is 7.05 Å². The number of rotatable bonds is 1. The van der Waals surface area contributed by atoms with Crippen LogP contribution in [0.1, 0.15) is 5.56 Å². The van der Waals surface area contributed by atoms with Gasteiger partial charge >= 0.3 is 0 Å². The molecule has 0 radical (unpaired) electrons. The first kappa shape index (κ1) is 8.74. The number of anilines is 1. The molecule has 0 spiro atoms. The summed E-state index contributed by atoms with van der Waals surface area (Å²) >= 11 is 0. The van der Waals surface area contributed by atoms with Crippen LogP contribution in [0.3, 0.4) is 0 Å². The van der Waals surface area contributed by atoms with Gasteiger partial charge in [0.2, 0.25) is 0 Å². The van der Waals surface area contributed by atoms with E-state index in [-0.39, 0.29) is 0 Å². The standard InChI is InChI=1S/C10H12N4/c1-7-3-10(12-5-9(7)11)8-4-13-14(2)6-8/h3-6H,11H2,1-2H3. The summed E-state index contributed by atoms with van der Waals surface area (Å²) in [5, 5.41) is 4.09. The lowest BCUT2D eigenvalue weighted by Gasteiger charge is -2.01. The molecule has 0 aromatic carbocycles. The predicted molar refractivity (Wildman–Crippen MR) is 55.6 cm³/mol. The first-order valence-corrected chi connectivity index (χ1v) is 4.38. The third-order valence-electron chi connectivity index (χ3n) is 2.15. The Balaban J connectivity index is 2.47. The van der Waals surface area contributed by atoms with Gasteiger partial charge in [-0.25, -0.2) is 0 Å². The molecule has 2 heterocycles. The minimum Gasteiger partial charge on any atom is -0.397 e. The molecule has 2 aromatic rings. The molecular weight excluding hydrogens is 176 g/mol. The normalized spacial score (nSPS) is 10.4. The molecule has 0 aliphatic carbocycles. The molecule has 2 N–H and O–H groups in total. The van der Waals surface area contributed by atoms with Crippen molar-refractivity contribution < 1.29 is 0 Å². The first-order chi connectivity index (χ1) is 6.66. The van der Waals surface area contributed by atoms with Crippen molar-refractivity contribution in [2.45, 2.75) is 6.92 Å². The van der Waals surface area contributed by atoms with Crippen molar-refractivity contribution in [3.63, 3.8) is 0 Å². The van der Waals surface area contributed by atoms with E-state index in [2.05, 4.69) is 10.1 Å². The second-order valence-electron chi connectivity index (χ2n) is 3.33. The van der Waals surface area contributed by atoms with E-state index in [9.17, 15) is 0 Å². The van der Waals surface area contributed by atoms with Crippen LogP contribution in [-0.2, 0) is 7.05 Å². The minimum absolute atomic E-state index is 0.720.